The predicted molar refractivity (Wildman–Crippen MR) is 69.1 cm³/mol. The van der Waals surface area contributed by atoms with Crippen molar-refractivity contribution in [3.63, 3.8) is 0 Å². The second-order valence-electron chi connectivity index (χ2n) is 5.33. The Kier molecular flexibility index (Phi) is 4.58. The van der Waals surface area contributed by atoms with Crippen LogP contribution in [0.2, 0.25) is 0 Å². The molecule has 1 aliphatic carbocycles. The zero-order valence-electron chi connectivity index (χ0n) is 11.1. The number of carbonyl (C=O) groups is 2. The maximum absolute atomic E-state index is 12.1. The van der Waals surface area contributed by atoms with E-state index in [-0.39, 0.29) is 24.4 Å². The van der Waals surface area contributed by atoms with Crippen LogP contribution in [0.1, 0.15) is 39.0 Å². The molecule has 5 heteroatoms. The lowest BCUT2D eigenvalue weighted by Gasteiger charge is -2.29. The van der Waals surface area contributed by atoms with Gasteiger partial charge in [0.2, 0.25) is 11.8 Å². The fourth-order valence-corrected chi connectivity index (χ4v) is 2.23. The van der Waals surface area contributed by atoms with Crippen LogP contribution in [0.25, 0.3) is 0 Å². The summed E-state index contributed by atoms with van der Waals surface area (Å²) in [4.78, 5) is 25.5. The molecule has 1 saturated carbocycles. The molecule has 1 saturated heterocycles. The Hall–Kier alpha value is -1.10. The number of piperidine rings is 1. The van der Waals surface area contributed by atoms with Crippen LogP contribution in [-0.4, -0.2) is 48.4 Å². The van der Waals surface area contributed by atoms with Gasteiger partial charge in [0, 0.05) is 19.1 Å². The molecule has 0 aromatic heterocycles. The van der Waals surface area contributed by atoms with Crippen molar-refractivity contribution < 1.29 is 9.59 Å². The minimum Gasteiger partial charge on any atom is -0.352 e. The van der Waals surface area contributed by atoms with Crippen LogP contribution < -0.4 is 10.6 Å². The van der Waals surface area contributed by atoms with Gasteiger partial charge in [0.1, 0.15) is 0 Å². The normalized spacial score (nSPS) is 21.5. The first kappa shape index (κ1) is 13.3. The number of likely N-dealkylation sites (tertiary alicyclic amines) is 1. The molecule has 0 spiro atoms. The van der Waals surface area contributed by atoms with Crippen LogP contribution in [-0.2, 0) is 9.59 Å². The first-order chi connectivity index (χ1) is 8.66. The van der Waals surface area contributed by atoms with Gasteiger partial charge < -0.3 is 10.2 Å². The van der Waals surface area contributed by atoms with Crippen molar-refractivity contribution in [2.24, 2.45) is 0 Å². The Bertz CT molecular complexity index is 309. The maximum atomic E-state index is 12.1. The molecule has 102 valence electrons. The molecule has 1 heterocycles. The molecule has 1 unspecified atom stereocenters. The predicted octanol–water partition coefficient (Wildman–Crippen LogP) is 0.256. The van der Waals surface area contributed by atoms with Crippen LogP contribution in [0, 0.1) is 0 Å². The van der Waals surface area contributed by atoms with Gasteiger partial charge >= 0.3 is 0 Å². The largest absolute Gasteiger partial charge is 0.352 e. The Labute approximate surface area is 108 Å². The average molecular weight is 253 g/mol. The van der Waals surface area contributed by atoms with E-state index >= 15 is 0 Å². The lowest BCUT2D eigenvalue weighted by atomic mass is 10.1. The molecule has 2 amide bonds. The standard InChI is InChI=1S/C13H23N3O2/c1-10(13(18)16-7-3-2-4-8-16)14-9-12(17)15-11-5-6-11/h10-11,14H,2-9H2,1H3,(H,15,17). The highest BCUT2D eigenvalue weighted by Crippen LogP contribution is 2.18. The third-order valence-electron chi connectivity index (χ3n) is 3.55. The van der Waals surface area contributed by atoms with Crippen LogP contribution in [0.4, 0.5) is 0 Å². The molecule has 0 aromatic rings. The first-order valence-electron chi connectivity index (χ1n) is 6.98. The number of amides is 2. The zero-order valence-corrected chi connectivity index (χ0v) is 11.1. The van der Waals surface area contributed by atoms with Crippen molar-refractivity contribution in [3.8, 4) is 0 Å². The Balaban J connectivity index is 1.67. The van der Waals surface area contributed by atoms with Gasteiger partial charge in [-0.15, -0.1) is 0 Å². The van der Waals surface area contributed by atoms with Gasteiger partial charge in [-0.25, -0.2) is 0 Å². The summed E-state index contributed by atoms with van der Waals surface area (Å²) in [7, 11) is 0. The lowest BCUT2D eigenvalue weighted by molar-refractivity contribution is -0.134. The second-order valence-corrected chi connectivity index (χ2v) is 5.33. The molecule has 18 heavy (non-hydrogen) atoms. The fourth-order valence-electron chi connectivity index (χ4n) is 2.23. The molecule has 2 rings (SSSR count). The number of rotatable bonds is 5. The van der Waals surface area contributed by atoms with Crippen LogP contribution in [0.3, 0.4) is 0 Å². The summed E-state index contributed by atoms with van der Waals surface area (Å²) in [6.07, 6.45) is 5.60. The van der Waals surface area contributed by atoms with Gasteiger partial charge in [0.05, 0.1) is 12.6 Å². The average Bonchev–Trinajstić information content (AvgIpc) is 3.20. The van der Waals surface area contributed by atoms with E-state index in [1.54, 1.807) is 0 Å². The number of nitrogens with one attached hydrogen (secondary N) is 2. The Morgan fingerprint density at radius 1 is 1.22 bits per heavy atom. The summed E-state index contributed by atoms with van der Waals surface area (Å²) in [5.74, 6) is 0.115. The quantitative estimate of drug-likeness (QED) is 0.738. The monoisotopic (exact) mass is 253 g/mol. The van der Waals surface area contributed by atoms with E-state index in [0.717, 1.165) is 38.8 Å². The van der Waals surface area contributed by atoms with Gasteiger partial charge in [-0.1, -0.05) is 0 Å². The Morgan fingerprint density at radius 2 is 1.89 bits per heavy atom. The number of hydrogen-bond acceptors (Lipinski definition) is 3. The number of nitrogens with zero attached hydrogens (tertiary/aromatic N) is 1. The third-order valence-corrected chi connectivity index (χ3v) is 3.55. The van der Waals surface area contributed by atoms with Crippen molar-refractivity contribution in [3.05, 3.63) is 0 Å². The summed E-state index contributed by atoms with van der Waals surface area (Å²) in [5.41, 5.74) is 0. The molecule has 2 aliphatic rings. The van der Waals surface area contributed by atoms with Crippen LogP contribution in [0.15, 0.2) is 0 Å². The van der Waals surface area contributed by atoms with E-state index in [9.17, 15) is 9.59 Å². The van der Waals surface area contributed by atoms with Crippen LogP contribution in [0.5, 0.6) is 0 Å². The third kappa shape index (κ3) is 3.98. The molecule has 1 aliphatic heterocycles. The van der Waals surface area contributed by atoms with Gasteiger partial charge in [-0.3, -0.25) is 14.9 Å². The Morgan fingerprint density at radius 3 is 2.50 bits per heavy atom. The minimum absolute atomic E-state index is 0.00389. The minimum atomic E-state index is -0.270. The lowest BCUT2D eigenvalue weighted by Crippen LogP contribution is -2.49. The molecular weight excluding hydrogens is 230 g/mol. The topological polar surface area (TPSA) is 61.4 Å². The van der Waals surface area contributed by atoms with E-state index in [0.29, 0.717) is 6.04 Å². The molecule has 5 nitrogen and oxygen atoms in total. The van der Waals surface area contributed by atoms with Crippen molar-refractivity contribution in [2.45, 2.75) is 51.1 Å². The fraction of sp³-hybridized carbons (Fsp3) is 0.846. The number of hydrogen-bond donors (Lipinski definition) is 2. The smallest absolute Gasteiger partial charge is 0.239 e. The van der Waals surface area contributed by atoms with Crippen molar-refractivity contribution in [1.29, 1.82) is 0 Å². The summed E-state index contributed by atoms with van der Waals surface area (Å²) in [6.45, 7) is 3.79. The van der Waals surface area contributed by atoms with Crippen molar-refractivity contribution in [2.75, 3.05) is 19.6 Å². The summed E-state index contributed by atoms with van der Waals surface area (Å²) >= 11 is 0. The summed E-state index contributed by atoms with van der Waals surface area (Å²) in [6, 6.07) is 0.112. The van der Waals surface area contributed by atoms with E-state index in [2.05, 4.69) is 10.6 Å². The number of carbonyl (C=O) groups excluding carboxylic acids is 2. The van der Waals surface area contributed by atoms with Crippen molar-refractivity contribution >= 4 is 11.8 Å². The summed E-state index contributed by atoms with van der Waals surface area (Å²) < 4.78 is 0. The molecule has 0 bridgehead atoms. The van der Waals surface area contributed by atoms with E-state index in [1.807, 2.05) is 11.8 Å². The van der Waals surface area contributed by atoms with Gasteiger partial charge in [0.25, 0.3) is 0 Å². The van der Waals surface area contributed by atoms with Gasteiger partial charge in [0.15, 0.2) is 0 Å². The van der Waals surface area contributed by atoms with Gasteiger partial charge in [-0.05, 0) is 39.0 Å². The van der Waals surface area contributed by atoms with E-state index < -0.39 is 0 Å². The molecule has 1 atom stereocenters. The molecule has 2 fully saturated rings. The maximum Gasteiger partial charge on any atom is 0.239 e. The molecule has 0 aromatic carbocycles. The first-order valence-corrected chi connectivity index (χ1v) is 6.98. The molecule has 2 N–H and O–H groups in total. The highest BCUT2D eigenvalue weighted by atomic mass is 16.2. The zero-order chi connectivity index (χ0) is 13.0. The highest BCUT2D eigenvalue weighted by molar-refractivity contribution is 5.83. The van der Waals surface area contributed by atoms with Gasteiger partial charge in [-0.2, -0.15) is 0 Å². The summed E-state index contributed by atoms with van der Waals surface area (Å²) in [5, 5.41) is 5.91. The molecule has 0 radical (unpaired) electrons. The highest BCUT2D eigenvalue weighted by Gasteiger charge is 2.25. The van der Waals surface area contributed by atoms with E-state index in [4.69, 9.17) is 0 Å². The van der Waals surface area contributed by atoms with E-state index in [1.165, 1.54) is 6.42 Å². The van der Waals surface area contributed by atoms with Crippen LogP contribution >= 0.6 is 0 Å². The van der Waals surface area contributed by atoms with Crippen molar-refractivity contribution in [1.82, 2.24) is 15.5 Å². The molecular formula is C13H23N3O2. The second kappa shape index (κ2) is 6.18. The SMILES string of the molecule is CC(NCC(=O)NC1CC1)C(=O)N1CCCCC1.